The Bertz CT molecular complexity index is 1390. The monoisotopic (exact) mass is 1170 g/mol. The van der Waals surface area contributed by atoms with E-state index in [9.17, 15) is 158 Å². The second-order valence-electron chi connectivity index (χ2n) is 10.6. The lowest BCUT2D eigenvalue weighted by molar-refractivity contribution is -0.448. The number of aliphatic hydroxyl groups excluding tert-OH is 1. The van der Waals surface area contributed by atoms with Crippen molar-refractivity contribution in [2.45, 2.75) is 117 Å². The van der Waals surface area contributed by atoms with E-state index in [1.807, 2.05) is 0 Å². The fraction of sp³-hybridized carbons (Fsp3) is 1.00. The van der Waals surface area contributed by atoms with Crippen molar-refractivity contribution in [1.82, 2.24) is 0 Å². The van der Waals surface area contributed by atoms with Crippen molar-refractivity contribution in [3.63, 3.8) is 0 Å². The van der Waals surface area contributed by atoms with Gasteiger partial charge in [-0.3, -0.25) is 0 Å². The van der Waals surface area contributed by atoms with Crippen LogP contribution in [-0.4, -0.2) is 147 Å². The third-order valence-electron chi connectivity index (χ3n) is 5.83. The lowest BCUT2D eigenvalue weighted by atomic mass is 10.0. The van der Waals surface area contributed by atoms with Gasteiger partial charge in [0.25, 0.3) is 0 Å². The summed E-state index contributed by atoms with van der Waals surface area (Å²) in [4.78, 5) is 0. The molecule has 1 N–H and O–H groups in total. The van der Waals surface area contributed by atoms with Gasteiger partial charge >= 0.3 is 96.5 Å². The normalized spacial score (nSPS) is 14.6. The smallest absolute Gasteiger partial charge is 0.397 e. The van der Waals surface area contributed by atoms with E-state index in [0.717, 1.165) is 6.92 Å². The highest BCUT2D eigenvalue weighted by molar-refractivity contribution is 6.25. The fourth-order valence-corrected chi connectivity index (χ4v) is 2.52. The second-order valence-corrected chi connectivity index (χ2v) is 11.4. The molecule has 0 aliphatic rings. The van der Waals surface area contributed by atoms with Crippen LogP contribution in [0.25, 0.3) is 0 Å². The van der Waals surface area contributed by atoms with Gasteiger partial charge < -0.3 is 24.1 Å². The number of hydrogen-bond acceptors (Lipinski definition) is 5. The number of methoxy groups -OCH3 is 2. The molecule has 0 heterocycles. The highest BCUT2D eigenvalue weighted by atomic mass is 35.5. The Morgan fingerprint density at radius 1 is 0.304 bits per heavy atom. The van der Waals surface area contributed by atoms with E-state index in [1.165, 1.54) is 0 Å². The SMILES string of the molecule is CCO.CCOC(F)(F)C(F)(C(F)(F)F)C(F)(F)F.CCOC(F)(F)C(F)(F)C(F)(F)C(F)(F)F.COC(F)(F)C(F)(C(F)(F)F)C(F)(F)F.COC(F)(F)C(F)(F)C(F)(F)C(F)(F)F.ClCCCl. The summed E-state index contributed by atoms with van der Waals surface area (Å²) in [6.07, 6.45) is -64.9. The molecule has 426 valence electrons. The number of halogens is 38. The molecule has 0 fully saturated rings. The van der Waals surface area contributed by atoms with E-state index in [2.05, 4.69) is 18.9 Å². The first-order valence-corrected chi connectivity index (χ1v) is 16.6. The molecule has 0 aromatic rings. The van der Waals surface area contributed by atoms with Gasteiger partial charge in [-0.1, -0.05) is 0 Å². The second kappa shape index (κ2) is 26.2. The zero-order chi connectivity index (χ0) is 58.4. The van der Waals surface area contributed by atoms with Gasteiger partial charge in [-0.15, -0.1) is 23.2 Å². The summed E-state index contributed by atoms with van der Waals surface area (Å²) in [5.74, 6) is -26.0. The van der Waals surface area contributed by atoms with E-state index in [1.54, 1.807) is 6.92 Å². The summed E-state index contributed by atoms with van der Waals surface area (Å²) in [6.45, 7) is 0.984. The van der Waals surface area contributed by atoms with Crippen LogP contribution in [0, 0.1) is 0 Å². The average Bonchev–Trinajstić information content (AvgIpc) is 3.12. The van der Waals surface area contributed by atoms with Crippen LogP contribution >= 0.6 is 23.2 Å². The topological polar surface area (TPSA) is 57.2 Å². The average molecular weight is 1170 g/mol. The summed E-state index contributed by atoms with van der Waals surface area (Å²) in [7, 11) is -0.299. The summed E-state index contributed by atoms with van der Waals surface area (Å²) < 4.78 is 440. The van der Waals surface area contributed by atoms with Crippen molar-refractivity contribution >= 4 is 23.2 Å². The molecule has 69 heavy (non-hydrogen) atoms. The number of aliphatic hydroxyl groups is 1. The quantitative estimate of drug-likeness (QED) is 0.147. The predicted molar refractivity (Wildman–Crippen MR) is 155 cm³/mol. The minimum atomic E-state index is -6.89. The predicted octanol–water partition coefficient (Wildman–Crippen LogP) is 14.5. The van der Waals surface area contributed by atoms with Gasteiger partial charge in [0.15, 0.2) is 0 Å². The maximum atomic E-state index is 12.6. The molecule has 0 saturated heterocycles. The van der Waals surface area contributed by atoms with Gasteiger partial charge in [-0.2, -0.15) is 149 Å². The van der Waals surface area contributed by atoms with Crippen LogP contribution in [0.15, 0.2) is 0 Å². The molecular weight excluding hydrogens is 1150 g/mol. The van der Waals surface area contributed by atoms with E-state index in [0.29, 0.717) is 18.7 Å². The van der Waals surface area contributed by atoms with E-state index < -0.39 is 110 Å². The standard InChI is InChI=1S/2C6H5F9O.2C5H3F9O.C2H4Cl2.C2H6O/c1-2-16-6(14,15)4(9,10)3(7,8)5(11,12)13;1-2-16-6(14,15)3(7,4(8,9)10)5(11,12)13;1-15-5(13,14)3(8,9)2(6,7)4(10,11)12;1-15-5(13,14)2(6,3(7,8)9)4(10,11)12;3-1-2-4;1-2-3/h2*2H2,1H3;2*1H3;1-2H2;3H,2H2,1H3. The minimum Gasteiger partial charge on any atom is -0.397 e. The van der Waals surface area contributed by atoms with Crippen molar-refractivity contribution in [1.29, 1.82) is 0 Å². The summed E-state index contributed by atoms with van der Waals surface area (Å²) >= 11 is 10.1. The van der Waals surface area contributed by atoms with Gasteiger partial charge in [0.2, 0.25) is 0 Å². The molecule has 0 amide bonds. The molecule has 0 aliphatic carbocycles. The van der Waals surface area contributed by atoms with Crippen LogP contribution < -0.4 is 0 Å². The van der Waals surface area contributed by atoms with Crippen LogP contribution in [0.2, 0.25) is 0 Å². The van der Waals surface area contributed by atoms with Gasteiger partial charge in [0.05, 0.1) is 13.2 Å². The van der Waals surface area contributed by atoms with Gasteiger partial charge in [0, 0.05) is 32.6 Å². The third-order valence-corrected chi connectivity index (χ3v) is 6.40. The molecule has 0 spiro atoms. The molecule has 0 aromatic carbocycles. The summed E-state index contributed by atoms with van der Waals surface area (Å²) in [5.41, 5.74) is -13.5. The first-order chi connectivity index (χ1) is 29.6. The van der Waals surface area contributed by atoms with Crippen molar-refractivity contribution in [2.24, 2.45) is 0 Å². The first kappa shape index (κ1) is 78.3. The van der Waals surface area contributed by atoms with Crippen molar-refractivity contribution < 1.29 is 182 Å². The molecule has 5 nitrogen and oxygen atoms in total. The lowest BCUT2D eigenvalue weighted by Gasteiger charge is -2.35. The molecule has 0 saturated carbocycles. The molecular formula is C26H26Cl2F36O5. The van der Waals surface area contributed by atoms with Crippen LogP contribution in [0.1, 0.15) is 20.8 Å². The Hall–Kier alpha value is -2.14. The number of hydrogen-bond donors (Lipinski definition) is 1. The Morgan fingerprint density at radius 2 is 0.493 bits per heavy atom. The number of alkyl halides is 38. The molecule has 0 atom stereocenters. The zero-order valence-electron chi connectivity index (χ0n) is 33.0. The molecule has 0 unspecified atom stereocenters. The maximum Gasteiger partial charge on any atom is 0.460 e. The number of rotatable bonds is 13. The zero-order valence-corrected chi connectivity index (χ0v) is 34.5. The van der Waals surface area contributed by atoms with E-state index in [4.69, 9.17) is 28.3 Å². The Labute approximate surface area is 369 Å². The van der Waals surface area contributed by atoms with Crippen molar-refractivity contribution in [2.75, 3.05) is 45.8 Å². The maximum absolute atomic E-state index is 12.6. The molecule has 0 rings (SSSR count). The van der Waals surface area contributed by atoms with Crippen LogP contribution in [-0.2, 0) is 18.9 Å². The van der Waals surface area contributed by atoms with Gasteiger partial charge in [-0.25, -0.2) is 8.78 Å². The van der Waals surface area contributed by atoms with Crippen LogP contribution in [0.3, 0.4) is 0 Å². The third kappa shape index (κ3) is 18.4. The van der Waals surface area contributed by atoms with E-state index in [-0.39, 0.29) is 20.8 Å². The molecule has 0 aromatic heterocycles. The largest absolute Gasteiger partial charge is 0.460 e. The van der Waals surface area contributed by atoms with Crippen molar-refractivity contribution in [3.8, 4) is 0 Å². The Morgan fingerprint density at radius 3 is 0.638 bits per heavy atom. The van der Waals surface area contributed by atoms with E-state index >= 15 is 0 Å². The number of ether oxygens (including phenoxy) is 4. The Kier molecular flexibility index (Phi) is 29.7. The molecule has 0 bridgehead atoms. The highest BCUT2D eigenvalue weighted by Crippen LogP contribution is 2.57. The fourth-order valence-electron chi connectivity index (χ4n) is 2.52. The Balaban J connectivity index is -0.000000183. The van der Waals surface area contributed by atoms with Crippen molar-refractivity contribution in [3.05, 3.63) is 0 Å². The van der Waals surface area contributed by atoms with Gasteiger partial charge in [0.1, 0.15) is 0 Å². The minimum absolute atomic E-state index is 0.125. The van der Waals surface area contributed by atoms with Gasteiger partial charge in [-0.05, 0) is 20.8 Å². The molecule has 43 heteroatoms. The van der Waals surface area contributed by atoms with Crippen LogP contribution in [0.4, 0.5) is 158 Å². The molecule has 0 aliphatic heterocycles. The summed E-state index contributed by atoms with van der Waals surface area (Å²) in [6, 6.07) is 0. The highest BCUT2D eigenvalue weighted by Gasteiger charge is 2.87. The van der Waals surface area contributed by atoms with Crippen LogP contribution in [0.5, 0.6) is 0 Å². The summed E-state index contributed by atoms with van der Waals surface area (Å²) in [5, 5.41) is 7.57. The first-order valence-electron chi connectivity index (χ1n) is 15.5. The lowest BCUT2D eigenvalue weighted by Crippen LogP contribution is -2.65. The molecule has 0 radical (unpaired) electrons.